The fourth-order valence-corrected chi connectivity index (χ4v) is 3.14. The molecule has 0 unspecified atom stereocenters. The lowest BCUT2D eigenvalue weighted by Gasteiger charge is -2.12. The highest BCUT2D eigenvalue weighted by Crippen LogP contribution is 2.38. The Balaban J connectivity index is 2.34. The minimum atomic E-state index is -1.40. The van der Waals surface area contributed by atoms with E-state index in [1.165, 1.54) is 23.6 Å². The summed E-state index contributed by atoms with van der Waals surface area (Å²) in [7, 11) is 0. The Morgan fingerprint density at radius 2 is 1.95 bits per heavy atom. The van der Waals surface area contributed by atoms with Crippen LogP contribution in [0.3, 0.4) is 0 Å². The second-order valence-corrected chi connectivity index (χ2v) is 5.76. The smallest absolute Gasteiger partial charge is 0.340 e. The van der Waals surface area contributed by atoms with Gasteiger partial charge in [0.1, 0.15) is 16.4 Å². The molecule has 0 radical (unpaired) electrons. The molecule has 0 fully saturated rings. The first-order chi connectivity index (χ1) is 10.6. The lowest BCUT2D eigenvalue weighted by molar-refractivity contribution is 0.0692. The summed E-state index contributed by atoms with van der Waals surface area (Å²) in [6, 6.07) is 10.6. The van der Waals surface area contributed by atoms with Gasteiger partial charge >= 0.3 is 5.97 Å². The van der Waals surface area contributed by atoms with Crippen LogP contribution >= 0.6 is 22.9 Å². The molecule has 0 spiro atoms. The summed E-state index contributed by atoms with van der Waals surface area (Å²) >= 11 is 7.37. The van der Waals surface area contributed by atoms with E-state index >= 15 is 0 Å². The van der Waals surface area contributed by atoms with Gasteiger partial charge in [-0.1, -0.05) is 41.9 Å². The largest absolute Gasteiger partial charge is 0.478 e. The molecule has 0 amide bonds. The molecule has 0 saturated carbocycles. The van der Waals surface area contributed by atoms with Crippen LogP contribution in [0.1, 0.15) is 10.4 Å². The van der Waals surface area contributed by atoms with Crippen LogP contribution in [0, 0.1) is 5.82 Å². The van der Waals surface area contributed by atoms with Crippen molar-refractivity contribution in [1.29, 1.82) is 0 Å². The van der Waals surface area contributed by atoms with Gasteiger partial charge in [0.15, 0.2) is 0 Å². The van der Waals surface area contributed by atoms with E-state index in [2.05, 4.69) is 4.98 Å². The first-order valence-electron chi connectivity index (χ1n) is 6.30. The zero-order chi connectivity index (χ0) is 15.7. The molecule has 3 rings (SSSR count). The van der Waals surface area contributed by atoms with Crippen LogP contribution < -0.4 is 0 Å². The highest BCUT2D eigenvalue weighted by atomic mass is 35.5. The molecule has 3 aromatic rings. The van der Waals surface area contributed by atoms with Gasteiger partial charge < -0.3 is 5.11 Å². The molecule has 0 aliphatic rings. The van der Waals surface area contributed by atoms with Gasteiger partial charge in [-0.2, -0.15) is 0 Å². The third kappa shape index (κ3) is 2.49. The summed E-state index contributed by atoms with van der Waals surface area (Å²) in [6.45, 7) is 0. The highest BCUT2D eigenvalue weighted by Gasteiger charge is 2.24. The fraction of sp³-hybridized carbons (Fsp3) is 0. The van der Waals surface area contributed by atoms with Crippen molar-refractivity contribution in [1.82, 2.24) is 4.98 Å². The van der Waals surface area contributed by atoms with E-state index in [0.717, 1.165) is 0 Å². The van der Waals surface area contributed by atoms with Gasteiger partial charge in [-0.05, 0) is 11.6 Å². The standard InChI is InChI=1S/C16H9ClFNO2S/c17-13-10(9-4-2-1-3-5-9)8-11(15-19-6-7-22-15)14(18)12(13)16(20)21/h1-8H,(H,20,21). The van der Waals surface area contributed by atoms with E-state index in [-0.39, 0.29) is 10.6 Å². The second-order valence-electron chi connectivity index (χ2n) is 4.48. The Bertz CT molecular complexity index is 835. The van der Waals surface area contributed by atoms with E-state index in [9.17, 15) is 14.3 Å². The molecule has 110 valence electrons. The van der Waals surface area contributed by atoms with Crippen molar-refractivity contribution in [2.75, 3.05) is 0 Å². The normalized spacial score (nSPS) is 10.6. The lowest BCUT2D eigenvalue weighted by Crippen LogP contribution is -2.05. The molecule has 1 N–H and O–H groups in total. The Morgan fingerprint density at radius 1 is 1.23 bits per heavy atom. The molecule has 1 aromatic heterocycles. The number of rotatable bonds is 3. The molecule has 0 aliphatic heterocycles. The van der Waals surface area contributed by atoms with Crippen molar-refractivity contribution in [2.45, 2.75) is 0 Å². The third-order valence-electron chi connectivity index (χ3n) is 3.16. The van der Waals surface area contributed by atoms with Crippen LogP contribution in [0.15, 0.2) is 48.0 Å². The van der Waals surface area contributed by atoms with Crippen LogP contribution in [-0.4, -0.2) is 16.1 Å². The average Bonchev–Trinajstić information content (AvgIpc) is 3.02. The number of hydrogen-bond donors (Lipinski definition) is 1. The summed E-state index contributed by atoms with van der Waals surface area (Å²) in [4.78, 5) is 15.5. The number of aromatic carboxylic acids is 1. The molecule has 22 heavy (non-hydrogen) atoms. The fourth-order valence-electron chi connectivity index (χ4n) is 2.16. The number of halogens is 2. The van der Waals surface area contributed by atoms with E-state index in [4.69, 9.17) is 11.6 Å². The monoisotopic (exact) mass is 333 g/mol. The summed E-state index contributed by atoms with van der Waals surface area (Å²) < 4.78 is 14.5. The first kappa shape index (κ1) is 14.7. The van der Waals surface area contributed by atoms with Gasteiger partial charge in [-0.15, -0.1) is 11.3 Å². The third-order valence-corrected chi connectivity index (χ3v) is 4.36. The van der Waals surface area contributed by atoms with Crippen LogP contribution in [0.2, 0.25) is 5.02 Å². The van der Waals surface area contributed by atoms with Crippen molar-refractivity contribution in [3.8, 4) is 21.7 Å². The predicted molar refractivity (Wildman–Crippen MR) is 84.9 cm³/mol. The van der Waals surface area contributed by atoms with Gasteiger partial charge in [0.05, 0.1) is 5.02 Å². The number of aromatic nitrogens is 1. The molecule has 1 heterocycles. The Morgan fingerprint density at radius 3 is 2.55 bits per heavy atom. The van der Waals surface area contributed by atoms with Gasteiger partial charge in [-0.3, -0.25) is 0 Å². The van der Waals surface area contributed by atoms with E-state index in [1.807, 2.05) is 6.07 Å². The van der Waals surface area contributed by atoms with Crippen LogP contribution in [-0.2, 0) is 0 Å². The molecular formula is C16H9ClFNO2S. The number of carbonyl (C=O) groups is 1. The van der Waals surface area contributed by atoms with Gasteiger partial charge in [0, 0.05) is 22.7 Å². The molecule has 0 bridgehead atoms. The van der Waals surface area contributed by atoms with Crippen LogP contribution in [0.5, 0.6) is 0 Å². The molecular weight excluding hydrogens is 325 g/mol. The topological polar surface area (TPSA) is 50.2 Å². The SMILES string of the molecule is O=C(O)c1c(F)c(-c2nccs2)cc(-c2ccccc2)c1Cl. The molecule has 3 nitrogen and oxygen atoms in total. The number of carboxylic acid groups (broad SMARTS) is 1. The summed E-state index contributed by atoms with van der Waals surface area (Å²) in [6.07, 6.45) is 1.54. The minimum absolute atomic E-state index is 0.114. The number of hydrogen-bond acceptors (Lipinski definition) is 3. The van der Waals surface area contributed by atoms with E-state index in [0.29, 0.717) is 16.1 Å². The van der Waals surface area contributed by atoms with Crippen LogP contribution in [0.4, 0.5) is 4.39 Å². The highest BCUT2D eigenvalue weighted by molar-refractivity contribution is 7.13. The summed E-state index contributed by atoms with van der Waals surface area (Å²) in [5, 5.41) is 11.3. The Hall–Kier alpha value is -2.24. The average molecular weight is 334 g/mol. The second kappa shape index (κ2) is 5.87. The van der Waals surface area contributed by atoms with Crippen LogP contribution in [0.25, 0.3) is 21.7 Å². The van der Waals surface area contributed by atoms with Crippen molar-refractivity contribution >= 4 is 28.9 Å². The Labute approximate surface area is 134 Å². The molecule has 0 saturated heterocycles. The lowest BCUT2D eigenvalue weighted by atomic mass is 9.99. The minimum Gasteiger partial charge on any atom is -0.478 e. The quantitative estimate of drug-likeness (QED) is 0.736. The zero-order valence-corrected chi connectivity index (χ0v) is 12.7. The molecule has 0 aliphatic carbocycles. The number of carboxylic acids is 1. The number of benzene rings is 2. The maximum atomic E-state index is 14.5. The predicted octanol–water partition coefficient (Wildman–Crippen LogP) is 4.97. The van der Waals surface area contributed by atoms with Gasteiger partial charge in [0.2, 0.25) is 0 Å². The molecule has 0 atom stereocenters. The molecule has 6 heteroatoms. The van der Waals surface area contributed by atoms with Crippen molar-refractivity contribution < 1.29 is 14.3 Å². The maximum absolute atomic E-state index is 14.5. The van der Waals surface area contributed by atoms with Gasteiger partial charge in [-0.25, -0.2) is 14.2 Å². The number of thiazole rings is 1. The van der Waals surface area contributed by atoms with E-state index < -0.39 is 17.3 Å². The van der Waals surface area contributed by atoms with Crippen molar-refractivity contribution in [2.24, 2.45) is 0 Å². The Kier molecular flexibility index (Phi) is 3.92. The maximum Gasteiger partial charge on any atom is 0.340 e. The first-order valence-corrected chi connectivity index (χ1v) is 7.56. The zero-order valence-electron chi connectivity index (χ0n) is 11.1. The van der Waals surface area contributed by atoms with Gasteiger partial charge in [0.25, 0.3) is 0 Å². The van der Waals surface area contributed by atoms with E-state index in [1.54, 1.807) is 29.6 Å². The van der Waals surface area contributed by atoms with Crippen molar-refractivity contribution in [3.05, 3.63) is 64.4 Å². The summed E-state index contributed by atoms with van der Waals surface area (Å²) in [5.41, 5.74) is 0.781. The summed E-state index contributed by atoms with van der Waals surface area (Å²) in [5.74, 6) is -2.27. The molecule has 2 aromatic carbocycles. The van der Waals surface area contributed by atoms with Crippen molar-refractivity contribution in [3.63, 3.8) is 0 Å². The number of nitrogens with zero attached hydrogens (tertiary/aromatic N) is 1.